The number of para-hydroxylation sites is 1. The summed E-state index contributed by atoms with van der Waals surface area (Å²) in [5.41, 5.74) is 2.27. The summed E-state index contributed by atoms with van der Waals surface area (Å²) in [6.07, 6.45) is 4.55. The molecule has 1 heterocycles. The molecule has 94 valence electrons. The molecule has 1 aromatic heterocycles. The van der Waals surface area contributed by atoms with Gasteiger partial charge in [0, 0.05) is 24.5 Å². The molecular weight excluding hydrogens is 224 g/mol. The summed E-state index contributed by atoms with van der Waals surface area (Å²) in [6.45, 7) is 2.88. The largest absolute Gasteiger partial charge is 0.457 e. The highest BCUT2D eigenvalue weighted by molar-refractivity contribution is 5.40. The lowest BCUT2D eigenvalue weighted by Crippen LogP contribution is -2.06. The Hall–Kier alpha value is -1.87. The second-order valence-corrected chi connectivity index (χ2v) is 4.08. The number of rotatable bonds is 5. The van der Waals surface area contributed by atoms with Gasteiger partial charge in [0.1, 0.15) is 11.5 Å². The van der Waals surface area contributed by atoms with Crippen LogP contribution < -0.4 is 10.1 Å². The van der Waals surface area contributed by atoms with Crippen LogP contribution in [-0.2, 0) is 13.0 Å². The van der Waals surface area contributed by atoms with Crippen molar-refractivity contribution in [3.63, 3.8) is 0 Å². The molecular formula is C15H18N2O. The van der Waals surface area contributed by atoms with Crippen LogP contribution in [0.1, 0.15) is 18.1 Å². The van der Waals surface area contributed by atoms with Crippen molar-refractivity contribution in [1.82, 2.24) is 10.3 Å². The summed E-state index contributed by atoms with van der Waals surface area (Å²) in [7, 11) is 1.91. The molecule has 3 nitrogen and oxygen atoms in total. The molecule has 0 aliphatic rings. The first kappa shape index (κ1) is 12.6. The lowest BCUT2D eigenvalue weighted by atomic mass is 10.1. The van der Waals surface area contributed by atoms with Crippen LogP contribution in [0, 0.1) is 0 Å². The minimum absolute atomic E-state index is 0.747. The van der Waals surface area contributed by atoms with Crippen LogP contribution in [0.3, 0.4) is 0 Å². The van der Waals surface area contributed by atoms with Gasteiger partial charge < -0.3 is 10.1 Å². The molecule has 1 N–H and O–H groups in total. The molecule has 0 saturated carbocycles. The fraction of sp³-hybridized carbons (Fsp3) is 0.267. The Labute approximate surface area is 108 Å². The molecule has 0 aliphatic heterocycles. The Bertz CT molecular complexity index is 511. The van der Waals surface area contributed by atoms with Gasteiger partial charge in [0.25, 0.3) is 0 Å². The summed E-state index contributed by atoms with van der Waals surface area (Å²) in [5, 5.41) is 3.12. The van der Waals surface area contributed by atoms with Gasteiger partial charge in [-0.15, -0.1) is 0 Å². The average molecular weight is 242 g/mol. The van der Waals surface area contributed by atoms with Crippen molar-refractivity contribution >= 4 is 0 Å². The third kappa shape index (κ3) is 2.87. The molecule has 2 rings (SSSR count). The summed E-state index contributed by atoms with van der Waals surface area (Å²) in [5.74, 6) is 1.78. The summed E-state index contributed by atoms with van der Waals surface area (Å²) in [6, 6.07) is 10.0. The number of nitrogens with one attached hydrogen (secondary N) is 1. The van der Waals surface area contributed by atoms with E-state index in [1.807, 2.05) is 37.5 Å². The lowest BCUT2D eigenvalue weighted by molar-refractivity contribution is 0.468. The van der Waals surface area contributed by atoms with Crippen LogP contribution in [0.5, 0.6) is 11.5 Å². The Morgan fingerprint density at radius 3 is 2.67 bits per heavy atom. The summed E-state index contributed by atoms with van der Waals surface area (Å²) in [4.78, 5) is 4.13. The topological polar surface area (TPSA) is 34.1 Å². The van der Waals surface area contributed by atoms with Gasteiger partial charge in [0.15, 0.2) is 0 Å². The molecule has 0 atom stereocenters. The lowest BCUT2D eigenvalue weighted by Gasteiger charge is -2.12. The van der Waals surface area contributed by atoms with Gasteiger partial charge in [0.2, 0.25) is 0 Å². The molecule has 0 spiro atoms. The summed E-state index contributed by atoms with van der Waals surface area (Å²) < 4.78 is 6.00. The van der Waals surface area contributed by atoms with Gasteiger partial charge in [-0.2, -0.15) is 0 Å². The van der Waals surface area contributed by atoms with E-state index in [9.17, 15) is 0 Å². The minimum atomic E-state index is 0.747. The van der Waals surface area contributed by atoms with Crippen molar-refractivity contribution in [2.75, 3.05) is 7.05 Å². The number of pyridine rings is 1. The van der Waals surface area contributed by atoms with E-state index in [1.54, 1.807) is 6.20 Å². The van der Waals surface area contributed by atoms with E-state index in [0.717, 1.165) is 30.0 Å². The first-order valence-electron chi connectivity index (χ1n) is 6.18. The fourth-order valence-corrected chi connectivity index (χ4v) is 1.85. The van der Waals surface area contributed by atoms with Crippen LogP contribution in [0.2, 0.25) is 0 Å². The molecule has 0 unspecified atom stereocenters. The molecule has 0 bridgehead atoms. The summed E-state index contributed by atoms with van der Waals surface area (Å²) >= 11 is 0. The molecule has 0 radical (unpaired) electrons. The van der Waals surface area contributed by atoms with Gasteiger partial charge in [-0.05, 0) is 31.2 Å². The Morgan fingerprint density at radius 2 is 1.89 bits per heavy atom. The highest BCUT2D eigenvalue weighted by Gasteiger charge is 2.06. The zero-order valence-corrected chi connectivity index (χ0v) is 10.8. The first-order chi connectivity index (χ1) is 8.85. The molecule has 0 fully saturated rings. The van der Waals surface area contributed by atoms with Crippen molar-refractivity contribution in [2.45, 2.75) is 19.9 Å². The van der Waals surface area contributed by atoms with Gasteiger partial charge in [-0.1, -0.05) is 25.1 Å². The van der Waals surface area contributed by atoms with E-state index in [-0.39, 0.29) is 0 Å². The van der Waals surface area contributed by atoms with Gasteiger partial charge in [-0.3, -0.25) is 4.98 Å². The number of aryl methyl sites for hydroxylation is 1. The Kier molecular flexibility index (Phi) is 4.31. The smallest absolute Gasteiger partial charge is 0.135 e. The number of hydrogen-bond donors (Lipinski definition) is 1. The SMILES string of the molecule is CCc1ccccc1Oc1ccncc1CNC. The molecule has 1 aromatic carbocycles. The van der Waals surface area contributed by atoms with Gasteiger partial charge in [0.05, 0.1) is 0 Å². The maximum Gasteiger partial charge on any atom is 0.135 e. The van der Waals surface area contributed by atoms with Crippen molar-refractivity contribution in [1.29, 1.82) is 0 Å². The standard InChI is InChI=1S/C15H18N2O/c1-3-12-6-4-5-7-14(12)18-15-8-9-17-11-13(15)10-16-2/h4-9,11,16H,3,10H2,1-2H3. The number of aromatic nitrogens is 1. The van der Waals surface area contributed by atoms with Crippen LogP contribution in [0.15, 0.2) is 42.7 Å². The van der Waals surface area contributed by atoms with Crippen LogP contribution in [-0.4, -0.2) is 12.0 Å². The quantitative estimate of drug-likeness (QED) is 0.874. The van der Waals surface area contributed by atoms with E-state index < -0.39 is 0 Å². The van der Waals surface area contributed by atoms with Gasteiger partial charge >= 0.3 is 0 Å². The minimum Gasteiger partial charge on any atom is -0.457 e. The van der Waals surface area contributed by atoms with Crippen LogP contribution in [0.4, 0.5) is 0 Å². The maximum absolute atomic E-state index is 6.00. The van der Waals surface area contributed by atoms with E-state index in [1.165, 1.54) is 5.56 Å². The third-order valence-electron chi connectivity index (χ3n) is 2.80. The number of nitrogens with zero attached hydrogens (tertiary/aromatic N) is 1. The number of hydrogen-bond acceptors (Lipinski definition) is 3. The molecule has 18 heavy (non-hydrogen) atoms. The third-order valence-corrected chi connectivity index (χ3v) is 2.80. The highest BCUT2D eigenvalue weighted by atomic mass is 16.5. The first-order valence-corrected chi connectivity index (χ1v) is 6.18. The zero-order valence-electron chi connectivity index (χ0n) is 10.8. The molecule has 2 aromatic rings. The van der Waals surface area contributed by atoms with Crippen molar-refractivity contribution in [2.24, 2.45) is 0 Å². The Morgan fingerprint density at radius 1 is 1.11 bits per heavy atom. The monoisotopic (exact) mass is 242 g/mol. The predicted octanol–water partition coefficient (Wildman–Crippen LogP) is 3.16. The van der Waals surface area contributed by atoms with E-state index in [0.29, 0.717) is 0 Å². The average Bonchev–Trinajstić information content (AvgIpc) is 2.42. The van der Waals surface area contributed by atoms with Crippen LogP contribution >= 0.6 is 0 Å². The van der Waals surface area contributed by atoms with Crippen molar-refractivity contribution < 1.29 is 4.74 Å². The molecule has 3 heteroatoms. The van der Waals surface area contributed by atoms with E-state index in [4.69, 9.17) is 4.74 Å². The second-order valence-electron chi connectivity index (χ2n) is 4.08. The van der Waals surface area contributed by atoms with Crippen molar-refractivity contribution in [3.05, 3.63) is 53.9 Å². The van der Waals surface area contributed by atoms with Crippen LogP contribution in [0.25, 0.3) is 0 Å². The normalized spacial score (nSPS) is 10.3. The van der Waals surface area contributed by atoms with Crippen molar-refractivity contribution in [3.8, 4) is 11.5 Å². The van der Waals surface area contributed by atoms with Gasteiger partial charge in [-0.25, -0.2) is 0 Å². The zero-order chi connectivity index (χ0) is 12.8. The molecule has 0 saturated heterocycles. The maximum atomic E-state index is 6.00. The second kappa shape index (κ2) is 6.17. The fourth-order valence-electron chi connectivity index (χ4n) is 1.85. The Balaban J connectivity index is 2.28. The molecule has 0 amide bonds. The van der Waals surface area contributed by atoms with E-state index in [2.05, 4.69) is 23.3 Å². The highest BCUT2D eigenvalue weighted by Crippen LogP contribution is 2.27. The predicted molar refractivity (Wildman–Crippen MR) is 72.9 cm³/mol. The molecule has 0 aliphatic carbocycles. The number of ether oxygens (including phenoxy) is 1. The number of benzene rings is 1. The van der Waals surface area contributed by atoms with E-state index >= 15 is 0 Å².